The van der Waals surface area contributed by atoms with Gasteiger partial charge in [-0.1, -0.05) is 12.1 Å². The Kier molecular flexibility index (Phi) is 17.7. The summed E-state index contributed by atoms with van der Waals surface area (Å²) in [6.45, 7) is 14.1. The van der Waals surface area contributed by atoms with Crippen LogP contribution < -0.4 is 25.3 Å². The van der Waals surface area contributed by atoms with Gasteiger partial charge in [0.15, 0.2) is 0 Å². The quantitative estimate of drug-likeness (QED) is 0.0256. The van der Waals surface area contributed by atoms with E-state index in [9.17, 15) is 36.2 Å². The van der Waals surface area contributed by atoms with Gasteiger partial charge in [0.1, 0.15) is 31.2 Å². The highest BCUT2D eigenvalue weighted by Gasteiger charge is 2.23. The van der Waals surface area contributed by atoms with Crippen LogP contribution in [0.2, 0.25) is 0 Å². The molecular weight excluding hydrogens is 1110 g/mol. The van der Waals surface area contributed by atoms with E-state index in [1.54, 1.807) is 67.3 Å². The summed E-state index contributed by atoms with van der Waals surface area (Å²) in [6, 6.07) is 32.4. The number of anilines is 7. The van der Waals surface area contributed by atoms with E-state index in [0.29, 0.717) is 86.8 Å². The van der Waals surface area contributed by atoms with Gasteiger partial charge in [0.05, 0.1) is 56.4 Å². The van der Waals surface area contributed by atoms with Crippen LogP contribution in [-0.4, -0.2) is 114 Å². The third-order valence-electron chi connectivity index (χ3n) is 13.1. The van der Waals surface area contributed by atoms with Crippen molar-refractivity contribution >= 4 is 127 Å². The lowest BCUT2D eigenvalue weighted by molar-refractivity contribution is 0.280. The van der Waals surface area contributed by atoms with Gasteiger partial charge < -0.3 is 35.5 Å². The number of aryl methyl sites for hydroxylation is 2. The van der Waals surface area contributed by atoms with Gasteiger partial charge in [0.25, 0.3) is 20.2 Å². The van der Waals surface area contributed by atoms with Crippen LogP contribution in [0, 0.1) is 13.8 Å². The van der Waals surface area contributed by atoms with E-state index in [2.05, 4.69) is 78.6 Å². The molecule has 0 aliphatic carbocycles. The standard InChI is InChI=1S/C55H58N14O8S4/c1-7-67(8-2)39-21-25-41(65-63-37-17-13-35(14-18-37)51-56-43-23-11-33(5)49(47(43)78-51)80(72,73)74)45(31-39)58-53-60-54(62-55(61-53)69(27-29-70)28-30-71)59-46-32-40(68(9-3)10-4)22-26-42(46)66-64-38-19-15-36(16-20-38)52-57-44-24-12-34(6)50(48(44)79-52)81(75,76)77/h11-26,31-32,70-71H,7-10,27-30H2,1-6H3,(H,72,73,74)(H,75,76,77)(H2,58,59,60,61,62)/b65-63+,66-64+. The van der Waals surface area contributed by atoms with Crippen LogP contribution in [0.25, 0.3) is 41.6 Å². The molecule has 0 spiro atoms. The second-order valence-corrected chi connectivity index (χ2v) is 23.0. The zero-order valence-corrected chi connectivity index (χ0v) is 48.2. The van der Waals surface area contributed by atoms with Gasteiger partial charge in [0.2, 0.25) is 17.8 Å². The van der Waals surface area contributed by atoms with E-state index in [0.717, 1.165) is 37.6 Å². The lowest BCUT2D eigenvalue weighted by atomic mass is 10.2. The van der Waals surface area contributed by atoms with Crippen molar-refractivity contribution in [2.24, 2.45) is 20.5 Å². The minimum Gasteiger partial charge on any atom is -0.395 e. The minimum absolute atomic E-state index is 0.101. The highest BCUT2D eigenvalue weighted by molar-refractivity contribution is 7.86. The smallest absolute Gasteiger partial charge is 0.296 e. The first-order valence-electron chi connectivity index (χ1n) is 25.8. The highest BCUT2D eigenvalue weighted by Crippen LogP contribution is 2.40. The van der Waals surface area contributed by atoms with Gasteiger partial charge in [0, 0.05) is 61.8 Å². The van der Waals surface area contributed by atoms with Crippen LogP contribution >= 0.6 is 22.7 Å². The van der Waals surface area contributed by atoms with Crippen molar-refractivity contribution < 1.29 is 36.2 Å². The molecule has 6 N–H and O–H groups in total. The Hall–Kier alpha value is -7.95. The fraction of sp³-hybridized carbons (Fsp3) is 0.255. The highest BCUT2D eigenvalue weighted by atomic mass is 32.2. The topological polar surface area (TPSA) is 297 Å². The maximum absolute atomic E-state index is 12.3. The van der Waals surface area contributed by atoms with E-state index in [4.69, 9.17) is 15.0 Å². The van der Waals surface area contributed by atoms with Crippen LogP contribution in [-0.2, 0) is 20.2 Å². The summed E-state index contributed by atoms with van der Waals surface area (Å²) in [5, 5.41) is 46.6. The molecule has 81 heavy (non-hydrogen) atoms. The molecule has 3 heterocycles. The Morgan fingerprint density at radius 3 is 1.25 bits per heavy atom. The molecule has 0 aliphatic heterocycles. The maximum Gasteiger partial charge on any atom is 0.296 e. The molecule has 26 heteroatoms. The molecule has 9 aromatic rings. The van der Waals surface area contributed by atoms with Crippen molar-refractivity contribution in [2.75, 3.05) is 77.8 Å². The molecular formula is C55H58N14O8S4. The number of azo groups is 2. The Balaban J connectivity index is 1.04. The lowest BCUT2D eigenvalue weighted by Gasteiger charge is -2.24. The summed E-state index contributed by atoms with van der Waals surface area (Å²) in [5.74, 6) is 0.355. The van der Waals surface area contributed by atoms with Crippen molar-refractivity contribution in [3.8, 4) is 21.1 Å². The summed E-state index contributed by atoms with van der Waals surface area (Å²) >= 11 is 2.33. The van der Waals surface area contributed by atoms with Gasteiger partial charge in [-0.15, -0.1) is 32.9 Å². The molecule has 0 aliphatic rings. The van der Waals surface area contributed by atoms with Crippen molar-refractivity contribution in [2.45, 2.75) is 51.3 Å². The molecule has 6 aromatic carbocycles. The number of rotatable bonds is 23. The van der Waals surface area contributed by atoms with E-state index >= 15 is 0 Å². The Morgan fingerprint density at radius 1 is 0.494 bits per heavy atom. The van der Waals surface area contributed by atoms with Gasteiger partial charge in [-0.3, -0.25) is 9.11 Å². The van der Waals surface area contributed by atoms with Gasteiger partial charge >= 0.3 is 0 Å². The molecule has 0 fully saturated rings. The normalized spacial score (nSPS) is 12.1. The third-order valence-corrected chi connectivity index (χ3v) is 17.7. The van der Waals surface area contributed by atoms with Gasteiger partial charge in [-0.05, 0) is 150 Å². The molecule has 3 aromatic heterocycles. The van der Waals surface area contributed by atoms with E-state index in [1.807, 2.05) is 60.7 Å². The number of hydrogen-bond donors (Lipinski definition) is 6. The predicted molar refractivity (Wildman–Crippen MR) is 320 cm³/mol. The summed E-state index contributed by atoms with van der Waals surface area (Å²) in [5.41, 5.74) is 7.88. The number of hydrogen-bond acceptors (Lipinski definition) is 22. The van der Waals surface area contributed by atoms with Crippen LogP contribution in [0.5, 0.6) is 0 Å². The Labute approximate surface area is 476 Å². The Bertz CT molecular complexity index is 3780. The molecule has 0 saturated carbocycles. The van der Waals surface area contributed by atoms with Crippen molar-refractivity contribution in [1.29, 1.82) is 0 Å². The number of benzene rings is 6. The zero-order chi connectivity index (χ0) is 57.6. The van der Waals surface area contributed by atoms with Crippen LogP contribution in [0.1, 0.15) is 38.8 Å². The number of aliphatic hydroxyl groups is 2. The second kappa shape index (κ2) is 24.8. The summed E-state index contributed by atoms with van der Waals surface area (Å²) < 4.78 is 69.8. The minimum atomic E-state index is -4.48. The van der Waals surface area contributed by atoms with Crippen LogP contribution in [0.15, 0.2) is 139 Å². The SMILES string of the molecule is CCN(CC)c1ccc(/N=N/c2ccc(-c3nc4ccc(C)c(S(=O)(=O)O)c4s3)cc2)c(Nc2nc(Nc3cc(N(CC)CC)ccc3/N=N/c3ccc(-c4nc5ccc(C)c(S(=O)(=O)O)c5s4)cc3)nc(N(CCO)CCO)n2)c1. The lowest BCUT2D eigenvalue weighted by Crippen LogP contribution is -2.31. The largest absolute Gasteiger partial charge is 0.395 e. The molecule has 9 rings (SSSR count). The van der Waals surface area contributed by atoms with E-state index in [-0.39, 0.29) is 53.9 Å². The molecule has 0 saturated heterocycles. The predicted octanol–water partition coefficient (Wildman–Crippen LogP) is 12.3. The summed E-state index contributed by atoms with van der Waals surface area (Å²) in [6.07, 6.45) is 0. The number of fused-ring (bicyclic) bond motifs is 2. The first kappa shape index (κ1) is 57.7. The fourth-order valence-corrected chi connectivity index (χ4v) is 13.6. The molecule has 0 atom stereocenters. The average molecular weight is 1170 g/mol. The first-order valence-corrected chi connectivity index (χ1v) is 30.3. The number of nitrogens with one attached hydrogen (secondary N) is 2. The number of nitrogens with zero attached hydrogens (tertiary/aromatic N) is 12. The molecule has 0 radical (unpaired) electrons. The van der Waals surface area contributed by atoms with E-state index < -0.39 is 20.2 Å². The molecule has 0 amide bonds. The van der Waals surface area contributed by atoms with Gasteiger partial charge in [-0.25, -0.2) is 9.97 Å². The number of aliphatic hydroxyl groups excluding tert-OH is 2. The monoisotopic (exact) mass is 1170 g/mol. The third kappa shape index (κ3) is 13.1. The molecule has 0 bridgehead atoms. The van der Waals surface area contributed by atoms with E-state index in [1.165, 1.54) is 22.7 Å². The molecule has 0 unspecified atom stereocenters. The number of thiazole rings is 2. The molecule has 22 nitrogen and oxygen atoms in total. The van der Waals surface area contributed by atoms with Gasteiger partial charge in [-0.2, -0.15) is 42.0 Å². The van der Waals surface area contributed by atoms with Crippen molar-refractivity contribution in [1.82, 2.24) is 24.9 Å². The number of aromatic nitrogens is 5. The maximum atomic E-state index is 12.3. The fourth-order valence-electron chi connectivity index (χ4n) is 8.99. The average Bonchev–Trinajstić information content (AvgIpc) is 4.15. The first-order chi connectivity index (χ1) is 38.9. The summed E-state index contributed by atoms with van der Waals surface area (Å²) in [4.78, 5) is 29.4. The van der Waals surface area contributed by atoms with Crippen molar-refractivity contribution in [3.05, 3.63) is 120 Å². The Morgan fingerprint density at radius 2 is 0.889 bits per heavy atom. The summed E-state index contributed by atoms with van der Waals surface area (Å²) in [7, 11) is -8.97. The van der Waals surface area contributed by atoms with Crippen LogP contribution in [0.3, 0.4) is 0 Å². The van der Waals surface area contributed by atoms with Crippen molar-refractivity contribution in [3.63, 3.8) is 0 Å². The second-order valence-electron chi connectivity index (χ2n) is 18.3. The zero-order valence-electron chi connectivity index (χ0n) is 45.0. The molecule has 420 valence electrons. The van der Waals surface area contributed by atoms with Crippen LogP contribution in [0.4, 0.5) is 63.3 Å².